The van der Waals surface area contributed by atoms with Gasteiger partial charge in [0.15, 0.2) is 0 Å². The van der Waals surface area contributed by atoms with Crippen LogP contribution in [0.1, 0.15) is 25.0 Å². The van der Waals surface area contributed by atoms with Gasteiger partial charge in [0.05, 0.1) is 0 Å². The van der Waals surface area contributed by atoms with Crippen LogP contribution in [0.25, 0.3) is 0 Å². The van der Waals surface area contributed by atoms with Crippen molar-refractivity contribution in [1.82, 2.24) is 4.90 Å². The summed E-state index contributed by atoms with van der Waals surface area (Å²) in [5.41, 5.74) is 4.31. The Morgan fingerprint density at radius 1 is 1.06 bits per heavy atom. The SMILES string of the molecule is CCc1cc(N2CCN(CC)CC2)ccc1C. The van der Waals surface area contributed by atoms with Gasteiger partial charge in [-0.1, -0.05) is 19.9 Å². The lowest BCUT2D eigenvalue weighted by Gasteiger charge is -2.35. The van der Waals surface area contributed by atoms with E-state index in [0.29, 0.717) is 0 Å². The van der Waals surface area contributed by atoms with E-state index in [0.717, 1.165) is 6.42 Å². The molecule has 94 valence electrons. The predicted octanol–water partition coefficient (Wildman–Crippen LogP) is 2.70. The topological polar surface area (TPSA) is 6.48 Å². The Labute approximate surface area is 105 Å². The van der Waals surface area contributed by atoms with E-state index in [1.165, 1.54) is 49.5 Å². The standard InChI is InChI=1S/C15H24N2/c1-4-14-12-15(7-6-13(14)3)17-10-8-16(5-2)9-11-17/h6-7,12H,4-5,8-11H2,1-3H3. The van der Waals surface area contributed by atoms with Crippen molar-refractivity contribution in [1.29, 1.82) is 0 Å². The summed E-state index contributed by atoms with van der Waals surface area (Å²) in [6.07, 6.45) is 1.13. The van der Waals surface area contributed by atoms with E-state index in [9.17, 15) is 0 Å². The third kappa shape index (κ3) is 2.81. The maximum absolute atomic E-state index is 2.52. The van der Waals surface area contributed by atoms with Gasteiger partial charge in [0.1, 0.15) is 0 Å². The van der Waals surface area contributed by atoms with Crippen LogP contribution in [0.15, 0.2) is 18.2 Å². The Morgan fingerprint density at radius 2 is 1.76 bits per heavy atom. The number of benzene rings is 1. The molecule has 0 aliphatic carbocycles. The fourth-order valence-corrected chi connectivity index (χ4v) is 2.56. The summed E-state index contributed by atoms with van der Waals surface area (Å²) in [6, 6.07) is 6.91. The van der Waals surface area contributed by atoms with Crippen molar-refractivity contribution in [3.63, 3.8) is 0 Å². The van der Waals surface area contributed by atoms with Gasteiger partial charge >= 0.3 is 0 Å². The molecule has 2 nitrogen and oxygen atoms in total. The first-order valence-electron chi connectivity index (χ1n) is 6.81. The molecule has 1 aromatic rings. The normalized spacial score (nSPS) is 17.5. The van der Waals surface area contributed by atoms with Crippen LogP contribution in [-0.4, -0.2) is 37.6 Å². The largest absolute Gasteiger partial charge is 0.369 e. The second kappa shape index (κ2) is 5.54. The van der Waals surface area contributed by atoms with Crippen LogP contribution in [0.3, 0.4) is 0 Å². The summed E-state index contributed by atoms with van der Waals surface area (Å²) in [6.45, 7) is 12.6. The quantitative estimate of drug-likeness (QED) is 0.790. The highest BCUT2D eigenvalue weighted by molar-refractivity contribution is 5.51. The Kier molecular flexibility index (Phi) is 4.06. The van der Waals surface area contributed by atoms with Crippen molar-refractivity contribution in [3.05, 3.63) is 29.3 Å². The summed E-state index contributed by atoms with van der Waals surface area (Å²) in [7, 11) is 0. The third-order valence-electron chi connectivity index (χ3n) is 3.90. The second-order valence-electron chi connectivity index (χ2n) is 4.89. The molecule has 1 saturated heterocycles. The molecule has 0 amide bonds. The molecule has 1 aromatic carbocycles. The molecule has 0 N–H and O–H groups in total. The van der Waals surface area contributed by atoms with Crippen molar-refractivity contribution in [2.24, 2.45) is 0 Å². The zero-order valence-electron chi connectivity index (χ0n) is 11.4. The Balaban J connectivity index is 2.08. The van der Waals surface area contributed by atoms with Crippen LogP contribution in [0, 0.1) is 6.92 Å². The minimum absolute atomic E-state index is 1.13. The molecule has 0 unspecified atom stereocenters. The average molecular weight is 232 g/mol. The average Bonchev–Trinajstić information content (AvgIpc) is 2.39. The van der Waals surface area contributed by atoms with Gasteiger partial charge in [-0.05, 0) is 43.1 Å². The molecule has 1 aliphatic rings. The van der Waals surface area contributed by atoms with Gasteiger partial charge in [-0.2, -0.15) is 0 Å². The van der Waals surface area contributed by atoms with E-state index >= 15 is 0 Å². The molecular weight excluding hydrogens is 208 g/mol. The van der Waals surface area contributed by atoms with Gasteiger partial charge in [0, 0.05) is 31.9 Å². The molecule has 0 aromatic heterocycles. The maximum atomic E-state index is 2.52. The number of hydrogen-bond donors (Lipinski definition) is 0. The molecular formula is C15H24N2. The van der Waals surface area contributed by atoms with Crippen molar-refractivity contribution in [2.75, 3.05) is 37.6 Å². The Hall–Kier alpha value is -1.02. The minimum atomic E-state index is 1.13. The molecule has 1 aliphatic heterocycles. The Bertz CT molecular complexity index is 365. The minimum Gasteiger partial charge on any atom is -0.369 e. The fourth-order valence-electron chi connectivity index (χ4n) is 2.56. The molecule has 0 radical (unpaired) electrons. The lowest BCUT2D eigenvalue weighted by atomic mass is 10.0. The highest BCUT2D eigenvalue weighted by Gasteiger charge is 2.16. The third-order valence-corrected chi connectivity index (χ3v) is 3.90. The molecule has 1 heterocycles. The first kappa shape index (κ1) is 12.4. The maximum Gasteiger partial charge on any atom is 0.0370 e. The highest BCUT2D eigenvalue weighted by Crippen LogP contribution is 2.21. The molecule has 1 fully saturated rings. The van der Waals surface area contributed by atoms with Crippen LogP contribution in [0.4, 0.5) is 5.69 Å². The molecule has 2 heteroatoms. The molecule has 0 spiro atoms. The lowest BCUT2D eigenvalue weighted by molar-refractivity contribution is 0.271. The summed E-state index contributed by atoms with van der Waals surface area (Å²) < 4.78 is 0. The molecule has 0 bridgehead atoms. The number of nitrogens with zero attached hydrogens (tertiary/aromatic N) is 2. The van der Waals surface area contributed by atoms with Crippen LogP contribution < -0.4 is 4.90 Å². The second-order valence-corrected chi connectivity index (χ2v) is 4.89. The van der Waals surface area contributed by atoms with E-state index in [1.807, 2.05) is 0 Å². The monoisotopic (exact) mass is 232 g/mol. The molecule has 17 heavy (non-hydrogen) atoms. The van der Waals surface area contributed by atoms with E-state index in [1.54, 1.807) is 0 Å². The lowest BCUT2D eigenvalue weighted by Crippen LogP contribution is -2.46. The number of rotatable bonds is 3. The molecule has 0 atom stereocenters. The van der Waals surface area contributed by atoms with Gasteiger partial charge in [0.25, 0.3) is 0 Å². The van der Waals surface area contributed by atoms with Crippen LogP contribution in [0.2, 0.25) is 0 Å². The highest BCUT2D eigenvalue weighted by atomic mass is 15.3. The zero-order valence-corrected chi connectivity index (χ0v) is 11.4. The van der Waals surface area contributed by atoms with Crippen LogP contribution in [-0.2, 0) is 6.42 Å². The van der Waals surface area contributed by atoms with E-state index < -0.39 is 0 Å². The van der Waals surface area contributed by atoms with Crippen LogP contribution >= 0.6 is 0 Å². The van der Waals surface area contributed by atoms with Crippen molar-refractivity contribution >= 4 is 5.69 Å². The summed E-state index contributed by atoms with van der Waals surface area (Å²) in [5, 5.41) is 0. The summed E-state index contributed by atoms with van der Waals surface area (Å²) >= 11 is 0. The van der Waals surface area contributed by atoms with E-state index in [-0.39, 0.29) is 0 Å². The first-order chi connectivity index (χ1) is 8.24. The van der Waals surface area contributed by atoms with Crippen LogP contribution in [0.5, 0.6) is 0 Å². The zero-order chi connectivity index (χ0) is 12.3. The predicted molar refractivity (Wildman–Crippen MR) is 74.9 cm³/mol. The number of likely N-dealkylation sites (N-methyl/N-ethyl adjacent to an activating group) is 1. The van der Waals surface area contributed by atoms with Gasteiger partial charge < -0.3 is 9.80 Å². The summed E-state index contributed by atoms with van der Waals surface area (Å²) in [4.78, 5) is 5.04. The summed E-state index contributed by atoms with van der Waals surface area (Å²) in [5.74, 6) is 0. The van der Waals surface area contributed by atoms with Gasteiger partial charge in [-0.3, -0.25) is 0 Å². The fraction of sp³-hybridized carbons (Fsp3) is 0.600. The first-order valence-corrected chi connectivity index (χ1v) is 6.81. The number of aryl methyl sites for hydroxylation is 2. The molecule has 2 rings (SSSR count). The number of anilines is 1. The van der Waals surface area contributed by atoms with Crippen molar-refractivity contribution in [2.45, 2.75) is 27.2 Å². The number of piperazine rings is 1. The molecule has 0 saturated carbocycles. The smallest absolute Gasteiger partial charge is 0.0370 e. The Morgan fingerprint density at radius 3 is 2.35 bits per heavy atom. The van der Waals surface area contributed by atoms with E-state index in [4.69, 9.17) is 0 Å². The van der Waals surface area contributed by atoms with Gasteiger partial charge in [0.2, 0.25) is 0 Å². The van der Waals surface area contributed by atoms with Crippen molar-refractivity contribution < 1.29 is 0 Å². The number of hydrogen-bond acceptors (Lipinski definition) is 2. The van der Waals surface area contributed by atoms with Gasteiger partial charge in [-0.15, -0.1) is 0 Å². The van der Waals surface area contributed by atoms with E-state index in [2.05, 4.69) is 48.8 Å². The van der Waals surface area contributed by atoms with Gasteiger partial charge in [-0.25, -0.2) is 0 Å². The van der Waals surface area contributed by atoms with Crippen molar-refractivity contribution in [3.8, 4) is 0 Å².